The molecule has 1 aromatic rings. The number of aromatic nitrogens is 1. The number of hydrogen-bond donors (Lipinski definition) is 2. The highest BCUT2D eigenvalue weighted by Crippen LogP contribution is 2.23. The van der Waals surface area contributed by atoms with Crippen LogP contribution in [-0.2, 0) is 6.54 Å². The zero-order valence-electron chi connectivity index (χ0n) is 11.0. The highest BCUT2D eigenvalue weighted by Gasteiger charge is 2.25. The van der Waals surface area contributed by atoms with Gasteiger partial charge in [0.05, 0.1) is 12.2 Å². The first-order chi connectivity index (χ1) is 8.99. The summed E-state index contributed by atoms with van der Waals surface area (Å²) in [4.78, 5) is 28.8. The lowest BCUT2D eigenvalue weighted by atomic mass is 9.92. The minimum atomic E-state index is -0.973. The highest BCUT2D eigenvalue weighted by atomic mass is 32.1. The summed E-state index contributed by atoms with van der Waals surface area (Å²) in [5.74, 6) is -0.973. The molecule has 0 bridgehead atoms. The van der Waals surface area contributed by atoms with Gasteiger partial charge in [-0.15, -0.1) is 11.3 Å². The second-order valence-electron chi connectivity index (χ2n) is 4.68. The van der Waals surface area contributed by atoms with E-state index >= 15 is 0 Å². The molecule has 1 fully saturated rings. The third kappa shape index (κ3) is 3.04. The maximum Gasteiger partial charge on any atom is 0.347 e. The van der Waals surface area contributed by atoms with Gasteiger partial charge in [0.2, 0.25) is 0 Å². The Morgan fingerprint density at radius 2 is 2.21 bits per heavy atom. The number of aryl methyl sites for hydroxylation is 1. The first-order valence-electron chi connectivity index (χ1n) is 6.19. The monoisotopic (exact) mass is 283 g/mol. The van der Waals surface area contributed by atoms with Crippen LogP contribution in [-0.4, -0.2) is 40.1 Å². The van der Waals surface area contributed by atoms with Gasteiger partial charge in [-0.3, -0.25) is 0 Å². The molecule has 0 spiro atoms. The molecule has 0 radical (unpaired) electrons. The average molecular weight is 283 g/mol. The van der Waals surface area contributed by atoms with Crippen LogP contribution in [0.4, 0.5) is 4.79 Å². The molecule has 1 aliphatic rings. The summed E-state index contributed by atoms with van der Waals surface area (Å²) in [5.41, 5.74) is 0.495. The van der Waals surface area contributed by atoms with Gasteiger partial charge in [0, 0.05) is 13.1 Å². The Kier molecular flexibility index (Phi) is 4.04. The van der Waals surface area contributed by atoms with E-state index in [2.05, 4.69) is 10.3 Å². The summed E-state index contributed by atoms with van der Waals surface area (Å²) >= 11 is 1.11. The van der Waals surface area contributed by atoms with Crippen molar-refractivity contribution < 1.29 is 14.7 Å². The number of aromatic carboxylic acids is 1. The number of thiazole rings is 1. The molecule has 2 N–H and O–H groups in total. The Hall–Kier alpha value is -1.63. The van der Waals surface area contributed by atoms with Crippen molar-refractivity contribution in [1.82, 2.24) is 15.2 Å². The predicted octanol–water partition coefficient (Wildman–Crippen LogP) is 1.84. The van der Waals surface area contributed by atoms with E-state index in [0.717, 1.165) is 24.2 Å². The van der Waals surface area contributed by atoms with Crippen LogP contribution in [0.1, 0.15) is 39.6 Å². The average Bonchev–Trinajstić information content (AvgIpc) is 2.65. The molecular weight excluding hydrogens is 266 g/mol. The van der Waals surface area contributed by atoms with Crippen LogP contribution in [0.2, 0.25) is 0 Å². The van der Waals surface area contributed by atoms with E-state index in [4.69, 9.17) is 5.11 Å². The van der Waals surface area contributed by atoms with Crippen molar-refractivity contribution in [2.75, 3.05) is 7.05 Å². The standard InChI is InChI=1S/C12H17N3O3S/c1-7-10(11(16)17)19-9(14-7)6-13-12(18)15(2)8-4-3-5-8/h8H,3-6H2,1-2H3,(H,13,18)(H,16,17). The van der Waals surface area contributed by atoms with Crippen molar-refractivity contribution in [2.24, 2.45) is 0 Å². The maximum absolute atomic E-state index is 11.9. The number of rotatable bonds is 4. The molecule has 1 heterocycles. The van der Waals surface area contributed by atoms with Crippen LogP contribution in [0, 0.1) is 6.92 Å². The van der Waals surface area contributed by atoms with Crippen LogP contribution in [0.3, 0.4) is 0 Å². The number of nitrogens with zero attached hydrogens (tertiary/aromatic N) is 2. The second-order valence-corrected chi connectivity index (χ2v) is 5.77. The summed E-state index contributed by atoms with van der Waals surface area (Å²) in [5, 5.41) is 12.3. The maximum atomic E-state index is 11.9. The van der Waals surface area contributed by atoms with Crippen molar-refractivity contribution >= 4 is 23.3 Å². The van der Waals surface area contributed by atoms with E-state index in [1.54, 1.807) is 18.9 Å². The van der Waals surface area contributed by atoms with Gasteiger partial charge in [-0.25, -0.2) is 14.6 Å². The van der Waals surface area contributed by atoms with Crippen LogP contribution in [0.25, 0.3) is 0 Å². The van der Waals surface area contributed by atoms with E-state index in [0.29, 0.717) is 16.7 Å². The summed E-state index contributed by atoms with van der Waals surface area (Å²) in [6, 6.07) is 0.210. The molecule has 2 amide bonds. The topological polar surface area (TPSA) is 82.5 Å². The molecule has 0 aromatic carbocycles. The second kappa shape index (κ2) is 5.56. The molecule has 2 rings (SSSR count). The number of nitrogens with one attached hydrogen (secondary N) is 1. The Labute approximate surface area is 115 Å². The third-order valence-electron chi connectivity index (χ3n) is 3.37. The number of carbonyl (C=O) groups excluding carboxylic acids is 1. The van der Waals surface area contributed by atoms with Crippen LogP contribution < -0.4 is 5.32 Å². The smallest absolute Gasteiger partial charge is 0.347 e. The zero-order chi connectivity index (χ0) is 14.0. The van der Waals surface area contributed by atoms with Crippen molar-refractivity contribution in [3.05, 3.63) is 15.6 Å². The largest absolute Gasteiger partial charge is 0.477 e. The van der Waals surface area contributed by atoms with E-state index in [1.165, 1.54) is 6.42 Å². The van der Waals surface area contributed by atoms with Gasteiger partial charge in [-0.2, -0.15) is 0 Å². The molecule has 7 heteroatoms. The number of carboxylic acids is 1. The summed E-state index contributed by atoms with van der Waals surface area (Å²) in [7, 11) is 1.79. The fourth-order valence-corrected chi connectivity index (χ4v) is 2.79. The first-order valence-corrected chi connectivity index (χ1v) is 7.01. The quantitative estimate of drug-likeness (QED) is 0.883. The Morgan fingerprint density at radius 1 is 1.53 bits per heavy atom. The van der Waals surface area contributed by atoms with Gasteiger partial charge in [0.15, 0.2) is 0 Å². The lowest BCUT2D eigenvalue weighted by molar-refractivity contribution is 0.0701. The van der Waals surface area contributed by atoms with Crippen LogP contribution >= 0.6 is 11.3 Å². The molecule has 0 aliphatic heterocycles. The lowest BCUT2D eigenvalue weighted by Crippen LogP contribution is -2.46. The minimum Gasteiger partial charge on any atom is -0.477 e. The van der Waals surface area contributed by atoms with E-state index < -0.39 is 5.97 Å². The molecule has 1 aromatic heterocycles. The first kappa shape index (κ1) is 13.8. The van der Waals surface area contributed by atoms with Gasteiger partial charge in [0.1, 0.15) is 9.88 Å². The van der Waals surface area contributed by atoms with Crippen molar-refractivity contribution in [2.45, 2.75) is 38.8 Å². The summed E-state index contributed by atoms with van der Waals surface area (Å²) < 4.78 is 0. The van der Waals surface area contributed by atoms with Gasteiger partial charge in [0.25, 0.3) is 0 Å². The fourth-order valence-electron chi connectivity index (χ4n) is 1.94. The summed E-state index contributed by atoms with van der Waals surface area (Å²) in [6.07, 6.45) is 3.29. The van der Waals surface area contributed by atoms with Gasteiger partial charge in [-0.1, -0.05) is 0 Å². The van der Waals surface area contributed by atoms with Crippen LogP contribution in [0.5, 0.6) is 0 Å². The molecule has 0 atom stereocenters. The highest BCUT2D eigenvalue weighted by molar-refractivity contribution is 7.13. The van der Waals surface area contributed by atoms with Gasteiger partial charge in [-0.05, 0) is 26.2 Å². The Balaban J connectivity index is 1.89. The Morgan fingerprint density at radius 3 is 2.68 bits per heavy atom. The van der Waals surface area contributed by atoms with Gasteiger partial charge < -0.3 is 15.3 Å². The third-order valence-corrected chi connectivity index (χ3v) is 4.51. The SMILES string of the molecule is Cc1nc(CNC(=O)N(C)C2CCC2)sc1C(=O)O. The predicted molar refractivity (Wildman–Crippen MR) is 71.4 cm³/mol. The number of urea groups is 1. The van der Waals surface area contributed by atoms with Crippen molar-refractivity contribution in [3.63, 3.8) is 0 Å². The van der Waals surface area contributed by atoms with Crippen LogP contribution in [0.15, 0.2) is 0 Å². The normalized spacial score (nSPS) is 14.8. The molecule has 6 nitrogen and oxygen atoms in total. The molecule has 1 saturated carbocycles. The molecule has 1 aliphatic carbocycles. The molecule has 104 valence electrons. The number of hydrogen-bond acceptors (Lipinski definition) is 4. The summed E-state index contributed by atoms with van der Waals surface area (Å²) in [6.45, 7) is 1.93. The molecule has 19 heavy (non-hydrogen) atoms. The number of amides is 2. The van der Waals surface area contributed by atoms with E-state index in [1.807, 2.05) is 0 Å². The number of carboxylic acid groups (broad SMARTS) is 1. The molecule has 0 saturated heterocycles. The zero-order valence-corrected chi connectivity index (χ0v) is 11.8. The fraction of sp³-hybridized carbons (Fsp3) is 0.583. The van der Waals surface area contributed by atoms with Crippen molar-refractivity contribution in [3.8, 4) is 0 Å². The lowest BCUT2D eigenvalue weighted by Gasteiger charge is -2.34. The molecular formula is C12H17N3O3S. The molecule has 0 unspecified atom stereocenters. The minimum absolute atomic E-state index is 0.130. The van der Waals surface area contributed by atoms with Gasteiger partial charge >= 0.3 is 12.0 Å². The van der Waals surface area contributed by atoms with E-state index in [-0.39, 0.29) is 17.5 Å². The number of carbonyl (C=O) groups is 2. The van der Waals surface area contributed by atoms with E-state index in [9.17, 15) is 9.59 Å². The Bertz CT molecular complexity index is 496. The van der Waals surface area contributed by atoms with Crippen molar-refractivity contribution in [1.29, 1.82) is 0 Å².